The van der Waals surface area contributed by atoms with Gasteiger partial charge in [-0.1, -0.05) is 0 Å². The number of ether oxygens (including phenoxy) is 1. The van der Waals surface area contributed by atoms with Crippen molar-refractivity contribution in [1.82, 2.24) is 0 Å². The van der Waals surface area contributed by atoms with E-state index in [9.17, 15) is 4.79 Å². The average Bonchev–Trinajstić information content (AvgIpc) is 2.04. The fourth-order valence-corrected chi connectivity index (χ4v) is 2.72. The van der Waals surface area contributed by atoms with Gasteiger partial charge in [-0.15, -0.1) is 0 Å². The topological polar surface area (TPSA) is 26.3 Å². The molecule has 2 nitrogen and oxygen atoms in total. The van der Waals surface area contributed by atoms with Gasteiger partial charge in [-0.05, 0) is 0 Å². The molecule has 0 aliphatic rings. The molecule has 0 bridgehead atoms. The molecule has 3 heteroatoms. The van der Waals surface area contributed by atoms with Gasteiger partial charge in [-0.2, -0.15) is 0 Å². The molecular weight excluding hydrogens is 207 g/mol. The Morgan fingerprint density at radius 1 is 1.45 bits per heavy atom. The van der Waals surface area contributed by atoms with Gasteiger partial charge in [0.2, 0.25) is 0 Å². The van der Waals surface area contributed by atoms with Crippen molar-refractivity contribution in [2.24, 2.45) is 0 Å². The summed E-state index contributed by atoms with van der Waals surface area (Å²) in [6.45, 7) is 2.19. The van der Waals surface area contributed by atoms with E-state index >= 15 is 0 Å². The van der Waals surface area contributed by atoms with Crippen molar-refractivity contribution in [2.45, 2.75) is 36.8 Å². The molecule has 0 saturated heterocycles. The number of rotatable bonds is 6. The van der Waals surface area contributed by atoms with Gasteiger partial charge in [-0.25, -0.2) is 0 Å². The van der Waals surface area contributed by atoms with Crippen molar-refractivity contribution in [3.05, 3.63) is 0 Å². The molecule has 0 N–H and O–H groups in total. The van der Waals surface area contributed by atoms with Crippen LogP contribution in [0.5, 0.6) is 0 Å². The average molecular weight is 223 g/mol. The van der Waals surface area contributed by atoms with E-state index in [1.165, 1.54) is 25.3 Å². The normalized spacial score (nSPS) is 9.64. The van der Waals surface area contributed by atoms with Crippen molar-refractivity contribution in [3.8, 4) is 0 Å². The summed E-state index contributed by atoms with van der Waals surface area (Å²) >= 11 is 0.657. The zero-order valence-corrected chi connectivity index (χ0v) is 8.97. The number of esters is 1. The minimum absolute atomic E-state index is 0.0663. The Bertz CT molecular complexity index is 104. The van der Waals surface area contributed by atoms with E-state index in [0.29, 0.717) is 21.4 Å². The quantitative estimate of drug-likeness (QED) is 0.390. The van der Waals surface area contributed by atoms with Crippen molar-refractivity contribution in [2.75, 3.05) is 7.11 Å². The van der Waals surface area contributed by atoms with Crippen LogP contribution in [0.15, 0.2) is 0 Å². The molecule has 0 aromatic carbocycles. The zero-order valence-electron chi connectivity index (χ0n) is 7.26. The summed E-state index contributed by atoms with van der Waals surface area (Å²) in [5.41, 5.74) is 0. The number of methoxy groups -OCH3 is 1. The van der Waals surface area contributed by atoms with Gasteiger partial charge in [0.05, 0.1) is 0 Å². The first-order valence-corrected chi connectivity index (χ1v) is 6.38. The van der Waals surface area contributed by atoms with E-state index in [1.807, 2.05) is 0 Å². The van der Waals surface area contributed by atoms with Crippen molar-refractivity contribution in [3.63, 3.8) is 0 Å². The van der Waals surface area contributed by atoms with E-state index in [-0.39, 0.29) is 5.97 Å². The number of carbonyl (C=O) groups excluding carboxylic acids is 1. The first-order valence-electron chi connectivity index (χ1n) is 3.95. The van der Waals surface area contributed by atoms with Crippen LogP contribution in [0.4, 0.5) is 0 Å². The van der Waals surface area contributed by atoms with Crippen LogP contribution in [0, 0.1) is 0 Å². The number of hydrogen-bond donors (Lipinski definition) is 0. The third-order valence-corrected chi connectivity index (χ3v) is 3.57. The van der Waals surface area contributed by atoms with Crippen molar-refractivity contribution < 1.29 is 9.53 Å². The number of unbranched alkanes of at least 4 members (excludes halogenated alkanes) is 1. The van der Waals surface area contributed by atoms with Crippen LogP contribution in [0.25, 0.3) is 0 Å². The van der Waals surface area contributed by atoms with Crippen LogP contribution < -0.4 is 0 Å². The van der Waals surface area contributed by atoms with Gasteiger partial charge < -0.3 is 0 Å². The summed E-state index contributed by atoms with van der Waals surface area (Å²) in [5.74, 6) is -0.0663. The molecule has 0 fully saturated rings. The summed E-state index contributed by atoms with van der Waals surface area (Å²) in [7, 11) is 1.45. The first-order chi connectivity index (χ1) is 5.31. The Hall–Kier alpha value is -0.0105. The standard InChI is InChI=1S/C8H16O2Se/c1-3-4-6-11-7-5-8(9)10-2/h3-7H2,1-2H3. The second-order valence-corrected chi connectivity index (χ2v) is 4.86. The fraction of sp³-hybridized carbons (Fsp3) is 0.875. The van der Waals surface area contributed by atoms with Gasteiger partial charge in [0.25, 0.3) is 0 Å². The van der Waals surface area contributed by atoms with Crippen LogP contribution in [0.1, 0.15) is 26.2 Å². The van der Waals surface area contributed by atoms with Gasteiger partial charge in [-0.3, -0.25) is 0 Å². The molecule has 0 aromatic heterocycles. The molecule has 0 spiro atoms. The minimum atomic E-state index is -0.0663. The van der Waals surface area contributed by atoms with E-state index in [4.69, 9.17) is 0 Å². The van der Waals surface area contributed by atoms with E-state index in [2.05, 4.69) is 11.7 Å². The van der Waals surface area contributed by atoms with Crippen molar-refractivity contribution in [1.29, 1.82) is 0 Å². The summed E-state index contributed by atoms with van der Waals surface area (Å²) in [5, 5.41) is 2.35. The molecule has 66 valence electrons. The van der Waals surface area contributed by atoms with Crippen LogP contribution in [-0.4, -0.2) is 28.0 Å². The maximum atomic E-state index is 10.6. The molecular formula is C8H16O2Se. The van der Waals surface area contributed by atoms with Crippen LogP contribution in [0.2, 0.25) is 10.6 Å². The Morgan fingerprint density at radius 3 is 2.73 bits per heavy atom. The zero-order chi connectivity index (χ0) is 8.53. The predicted octanol–water partition coefficient (Wildman–Crippen LogP) is 1.89. The summed E-state index contributed by atoms with van der Waals surface area (Å²) in [6.07, 6.45) is 3.18. The summed E-state index contributed by atoms with van der Waals surface area (Å²) in [6, 6.07) is 0. The second-order valence-electron chi connectivity index (χ2n) is 2.29. The SMILES string of the molecule is CCCC[Se]CCC(=O)OC. The Morgan fingerprint density at radius 2 is 2.18 bits per heavy atom. The maximum absolute atomic E-state index is 10.6. The Kier molecular flexibility index (Phi) is 8.08. The third kappa shape index (κ3) is 7.89. The van der Waals surface area contributed by atoms with Crippen molar-refractivity contribution >= 4 is 20.9 Å². The molecule has 11 heavy (non-hydrogen) atoms. The molecule has 0 rings (SSSR count). The van der Waals surface area contributed by atoms with Crippen LogP contribution in [0.3, 0.4) is 0 Å². The molecule has 0 aliphatic carbocycles. The molecule has 0 aliphatic heterocycles. The van der Waals surface area contributed by atoms with E-state index in [1.54, 1.807) is 0 Å². The van der Waals surface area contributed by atoms with Gasteiger partial charge >= 0.3 is 74.4 Å². The molecule has 0 saturated carbocycles. The molecule has 0 amide bonds. The third-order valence-electron chi connectivity index (χ3n) is 1.32. The Labute approximate surface area is 74.8 Å². The number of hydrogen-bond acceptors (Lipinski definition) is 2. The molecule has 0 unspecified atom stereocenters. The van der Waals surface area contributed by atoms with Crippen LogP contribution >= 0.6 is 0 Å². The van der Waals surface area contributed by atoms with Gasteiger partial charge in [0.1, 0.15) is 0 Å². The van der Waals surface area contributed by atoms with Gasteiger partial charge in [0.15, 0.2) is 0 Å². The Balaban J connectivity index is 2.95. The second kappa shape index (κ2) is 8.09. The summed E-state index contributed by atoms with van der Waals surface area (Å²) < 4.78 is 4.53. The van der Waals surface area contributed by atoms with Gasteiger partial charge in [0, 0.05) is 0 Å². The van der Waals surface area contributed by atoms with E-state index in [0.717, 1.165) is 5.32 Å². The molecule has 0 radical (unpaired) electrons. The predicted molar refractivity (Wildman–Crippen MR) is 46.9 cm³/mol. The monoisotopic (exact) mass is 224 g/mol. The molecule has 0 aromatic rings. The number of carbonyl (C=O) groups is 1. The first kappa shape index (κ1) is 11.0. The van der Waals surface area contributed by atoms with Crippen LogP contribution in [-0.2, 0) is 9.53 Å². The van der Waals surface area contributed by atoms with E-state index < -0.39 is 0 Å². The fourth-order valence-electron chi connectivity index (χ4n) is 0.606. The molecule has 0 atom stereocenters. The summed E-state index contributed by atoms with van der Waals surface area (Å²) in [4.78, 5) is 10.6. The molecule has 0 heterocycles.